The van der Waals surface area contributed by atoms with Crippen LogP contribution in [0.4, 0.5) is 10.9 Å². The molecule has 1 unspecified atom stereocenters. The number of carbonyl (C=O) groups excluding carboxylic acids is 1. The zero-order chi connectivity index (χ0) is 24.6. The Hall–Kier alpha value is -2.75. The van der Waals surface area contributed by atoms with Crippen LogP contribution in [0.5, 0.6) is 0 Å². The smallest absolute Gasteiger partial charge is 0.219 e. The maximum absolute atomic E-state index is 11.6. The van der Waals surface area contributed by atoms with Crippen LogP contribution in [0, 0.1) is 0 Å². The highest BCUT2D eigenvalue weighted by Gasteiger charge is 2.34. The highest BCUT2D eigenvalue weighted by Crippen LogP contribution is 2.32. The number of pyridine rings is 1. The molecule has 1 aromatic carbocycles. The second-order valence-corrected chi connectivity index (χ2v) is 11.3. The van der Waals surface area contributed by atoms with Gasteiger partial charge in [0.05, 0.1) is 17.0 Å². The molecule has 3 aliphatic heterocycles. The Bertz CT molecular complexity index is 1240. The third-order valence-corrected chi connectivity index (χ3v) is 8.98. The van der Waals surface area contributed by atoms with Gasteiger partial charge in [-0.1, -0.05) is 35.6 Å². The summed E-state index contributed by atoms with van der Waals surface area (Å²) in [4.78, 5) is 27.6. The summed E-state index contributed by atoms with van der Waals surface area (Å²) >= 11 is 1.65. The molecule has 2 fully saturated rings. The number of hydrogen-bond acceptors (Lipinski definition) is 8. The summed E-state index contributed by atoms with van der Waals surface area (Å²) < 4.78 is 1.10. The minimum atomic E-state index is -0.402. The molecule has 8 nitrogen and oxygen atoms in total. The average molecular weight is 507 g/mol. The number of carbonyl (C=O) groups is 1. The lowest BCUT2D eigenvalue weighted by Crippen LogP contribution is -2.55. The van der Waals surface area contributed by atoms with Crippen LogP contribution in [-0.4, -0.2) is 81.7 Å². The van der Waals surface area contributed by atoms with Crippen molar-refractivity contribution in [2.24, 2.45) is 0 Å². The van der Waals surface area contributed by atoms with Crippen molar-refractivity contribution in [3.05, 3.63) is 47.7 Å². The maximum Gasteiger partial charge on any atom is 0.219 e. The van der Waals surface area contributed by atoms with Gasteiger partial charge in [0.25, 0.3) is 0 Å². The SMILES string of the molecule is CC(=O)N1CCC(Nc2nc3cnc(N4CCC(N5CCc6ccccc6C5)[C@@H](O)C4)cc3s2)CC1. The summed E-state index contributed by atoms with van der Waals surface area (Å²) in [7, 11) is 0. The standard InChI is InChI=1S/C27H34N6O2S/c1-18(34)31-11-7-21(8-12-31)29-27-30-22-15-28-26(14-25(22)36-27)33-13-9-23(24(35)17-33)32-10-6-19-4-2-3-5-20(19)16-32/h2-5,14-15,21,23-24,35H,6-13,16-17H2,1H3,(H,29,30)/t23?,24-/m0/s1. The quantitative estimate of drug-likeness (QED) is 0.563. The molecule has 0 bridgehead atoms. The molecule has 3 aliphatic rings. The van der Waals surface area contributed by atoms with Crippen molar-refractivity contribution in [2.45, 2.75) is 57.3 Å². The Morgan fingerprint density at radius 3 is 2.69 bits per heavy atom. The number of thiazole rings is 1. The second kappa shape index (κ2) is 9.95. The number of nitrogens with zero attached hydrogens (tertiary/aromatic N) is 5. The van der Waals surface area contributed by atoms with Gasteiger partial charge in [-0.05, 0) is 36.8 Å². The monoisotopic (exact) mass is 506 g/mol. The van der Waals surface area contributed by atoms with Crippen molar-refractivity contribution in [3.63, 3.8) is 0 Å². The number of anilines is 2. The number of fused-ring (bicyclic) bond motifs is 2. The molecule has 0 aliphatic carbocycles. The molecule has 0 spiro atoms. The Balaban J connectivity index is 1.08. The minimum absolute atomic E-state index is 0.155. The van der Waals surface area contributed by atoms with Crippen LogP contribution in [0.1, 0.15) is 37.3 Å². The summed E-state index contributed by atoms with van der Waals surface area (Å²) in [6, 6.07) is 11.3. The van der Waals surface area contributed by atoms with Gasteiger partial charge in [0.2, 0.25) is 5.91 Å². The Morgan fingerprint density at radius 2 is 1.92 bits per heavy atom. The van der Waals surface area contributed by atoms with Gasteiger partial charge in [-0.2, -0.15) is 0 Å². The number of amides is 1. The molecule has 190 valence electrons. The molecule has 1 amide bonds. The average Bonchev–Trinajstić information content (AvgIpc) is 3.30. The molecule has 2 saturated heterocycles. The highest BCUT2D eigenvalue weighted by molar-refractivity contribution is 7.22. The first kappa shape index (κ1) is 23.6. The summed E-state index contributed by atoms with van der Waals surface area (Å²) in [6.45, 7) is 6.65. The summed E-state index contributed by atoms with van der Waals surface area (Å²) in [5, 5.41) is 15.6. The number of hydrogen-bond donors (Lipinski definition) is 2. The molecule has 5 heterocycles. The van der Waals surface area contributed by atoms with Gasteiger partial charge in [-0.25, -0.2) is 9.97 Å². The zero-order valence-corrected chi connectivity index (χ0v) is 21.6. The van der Waals surface area contributed by atoms with E-state index in [9.17, 15) is 9.90 Å². The van der Waals surface area contributed by atoms with E-state index < -0.39 is 6.10 Å². The molecule has 3 aromatic rings. The van der Waals surface area contributed by atoms with E-state index in [-0.39, 0.29) is 11.9 Å². The fourth-order valence-electron chi connectivity index (χ4n) is 5.92. The molecule has 2 N–H and O–H groups in total. The number of likely N-dealkylation sites (tertiary alicyclic amines) is 1. The zero-order valence-electron chi connectivity index (χ0n) is 20.8. The van der Waals surface area contributed by atoms with E-state index in [1.54, 1.807) is 18.3 Å². The largest absolute Gasteiger partial charge is 0.390 e. The number of aromatic nitrogens is 2. The number of β-amino-alcohol motifs (C(OH)–C–C–N with tert-alkyl or cyclic N) is 1. The topological polar surface area (TPSA) is 84.8 Å². The molecule has 0 saturated carbocycles. The third-order valence-electron chi connectivity index (χ3n) is 8.03. The summed E-state index contributed by atoms with van der Waals surface area (Å²) in [5.41, 5.74) is 3.73. The van der Waals surface area contributed by atoms with E-state index in [1.807, 2.05) is 11.1 Å². The number of aliphatic hydroxyl groups is 1. The van der Waals surface area contributed by atoms with Crippen molar-refractivity contribution >= 4 is 38.4 Å². The van der Waals surface area contributed by atoms with Gasteiger partial charge >= 0.3 is 0 Å². The first-order chi connectivity index (χ1) is 17.5. The van der Waals surface area contributed by atoms with Gasteiger partial charge in [0.1, 0.15) is 11.3 Å². The van der Waals surface area contributed by atoms with Gasteiger partial charge in [-0.3, -0.25) is 9.69 Å². The molecular weight excluding hydrogens is 472 g/mol. The Morgan fingerprint density at radius 1 is 1.11 bits per heavy atom. The van der Waals surface area contributed by atoms with Gasteiger partial charge in [-0.15, -0.1) is 0 Å². The van der Waals surface area contributed by atoms with E-state index in [4.69, 9.17) is 9.97 Å². The van der Waals surface area contributed by atoms with Gasteiger partial charge < -0.3 is 20.2 Å². The summed E-state index contributed by atoms with van der Waals surface area (Å²) in [5.74, 6) is 1.07. The lowest BCUT2D eigenvalue weighted by Gasteiger charge is -2.43. The highest BCUT2D eigenvalue weighted by atomic mass is 32.1. The maximum atomic E-state index is 11.6. The molecule has 0 radical (unpaired) electrons. The molecule has 9 heteroatoms. The predicted octanol–water partition coefficient (Wildman–Crippen LogP) is 3.11. The van der Waals surface area contributed by atoms with E-state index in [0.717, 1.165) is 79.6 Å². The lowest BCUT2D eigenvalue weighted by atomic mass is 9.94. The van der Waals surface area contributed by atoms with Crippen molar-refractivity contribution in [2.75, 3.05) is 42.9 Å². The van der Waals surface area contributed by atoms with Crippen LogP contribution < -0.4 is 10.2 Å². The molecular formula is C27H34N6O2S. The van der Waals surface area contributed by atoms with Crippen molar-refractivity contribution in [3.8, 4) is 0 Å². The first-order valence-electron chi connectivity index (χ1n) is 13.1. The number of nitrogens with one attached hydrogen (secondary N) is 1. The van der Waals surface area contributed by atoms with Crippen LogP contribution in [0.15, 0.2) is 36.5 Å². The molecule has 2 atom stereocenters. The van der Waals surface area contributed by atoms with Crippen LogP contribution in [0.25, 0.3) is 10.2 Å². The van der Waals surface area contributed by atoms with Crippen LogP contribution in [0.3, 0.4) is 0 Å². The van der Waals surface area contributed by atoms with Crippen molar-refractivity contribution in [1.29, 1.82) is 0 Å². The molecule has 36 heavy (non-hydrogen) atoms. The van der Waals surface area contributed by atoms with E-state index in [1.165, 1.54) is 11.1 Å². The van der Waals surface area contributed by atoms with Crippen LogP contribution in [0.2, 0.25) is 0 Å². The molecule has 6 rings (SSSR count). The summed E-state index contributed by atoms with van der Waals surface area (Å²) in [6.07, 6.45) is 5.31. The van der Waals surface area contributed by atoms with Crippen molar-refractivity contribution < 1.29 is 9.90 Å². The number of benzene rings is 1. The molecule has 2 aromatic heterocycles. The van der Waals surface area contributed by atoms with E-state index in [0.29, 0.717) is 12.6 Å². The van der Waals surface area contributed by atoms with E-state index in [2.05, 4.69) is 45.4 Å². The first-order valence-corrected chi connectivity index (χ1v) is 13.9. The third kappa shape index (κ3) is 4.79. The van der Waals surface area contributed by atoms with Crippen LogP contribution in [-0.2, 0) is 17.8 Å². The van der Waals surface area contributed by atoms with Gasteiger partial charge in [0, 0.05) is 64.3 Å². The van der Waals surface area contributed by atoms with Crippen LogP contribution >= 0.6 is 11.3 Å². The number of aliphatic hydroxyl groups excluding tert-OH is 1. The predicted molar refractivity (Wildman–Crippen MR) is 143 cm³/mol. The number of rotatable bonds is 4. The van der Waals surface area contributed by atoms with Crippen molar-refractivity contribution in [1.82, 2.24) is 19.8 Å². The fourth-order valence-corrected chi connectivity index (χ4v) is 6.87. The lowest BCUT2D eigenvalue weighted by molar-refractivity contribution is -0.129. The Kier molecular flexibility index (Phi) is 6.54. The minimum Gasteiger partial charge on any atom is -0.390 e. The second-order valence-electron chi connectivity index (χ2n) is 10.3. The Labute approximate surface area is 215 Å². The van der Waals surface area contributed by atoms with E-state index >= 15 is 0 Å². The fraction of sp³-hybridized carbons (Fsp3) is 0.519. The van der Waals surface area contributed by atoms with Gasteiger partial charge in [0.15, 0.2) is 5.13 Å². The normalized spacial score (nSPS) is 23.6. The number of piperidine rings is 2.